The highest BCUT2D eigenvalue weighted by atomic mass is 127. The Morgan fingerprint density at radius 1 is 1.18 bits per heavy atom. The van der Waals surface area contributed by atoms with E-state index in [9.17, 15) is 10.3 Å². The lowest BCUT2D eigenvalue weighted by Crippen LogP contribution is -4.24. The van der Waals surface area contributed by atoms with Crippen LogP contribution in [0.1, 0.15) is 0 Å². The van der Waals surface area contributed by atoms with Crippen molar-refractivity contribution in [1.29, 1.82) is 0 Å². The minimum absolute atomic E-state index is 0.0172. The molecule has 0 radical (unpaired) electrons. The molecule has 0 aliphatic heterocycles. The smallest absolute Gasteiger partial charge is 0.329 e. The van der Waals surface area contributed by atoms with E-state index in [1.165, 1.54) is 0 Å². The van der Waals surface area contributed by atoms with Gasteiger partial charge in [0.05, 0.1) is 21.1 Å². The Labute approximate surface area is 72.5 Å². The topological polar surface area (TPSA) is 78.4 Å². The van der Waals surface area contributed by atoms with Crippen molar-refractivity contribution >= 4 is 0 Å². The summed E-state index contributed by atoms with van der Waals surface area (Å²) in [5, 5.41) is 0. The molecule has 0 bridgehead atoms. The first kappa shape index (κ1) is 11.5. The molecule has 0 aromatic carbocycles. The summed E-state index contributed by atoms with van der Waals surface area (Å²) in [6.07, 6.45) is 0. The molecule has 0 heterocycles. The predicted molar refractivity (Wildman–Crippen MR) is 28.9 cm³/mol. The van der Waals surface area contributed by atoms with E-state index in [0.717, 1.165) is 0 Å². The predicted octanol–water partition coefficient (Wildman–Crippen LogP) is -6.39. The maximum atomic E-state index is 10.0. The van der Waals surface area contributed by atoms with Crippen LogP contribution >= 0.6 is 0 Å². The molecule has 5 nitrogen and oxygen atoms in total. The summed E-state index contributed by atoms with van der Waals surface area (Å²) in [7, 11) is 5.66. The molecule has 0 aromatic heterocycles. The van der Waals surface area contributed by atoms with E-state index in [1.807, 2.05) is 21.1 Å². The van der Waals surface area contributed by atoms with E-state index < -0.39 is 20.1 Å². The van der Waals surface area contributed by atoms with Gasteiger partial charge in [-0.1, -0.05) is 0 Å². The summed E-state index contributed by atoms with van der Waals surface area (Å²) in [6, 6.07) is 0. The number of rotatable bonds is 4. The van der Waals surface area contributed by atoms with Gasteiger partial charge in [0.25, 0.3) is 0 Å². The third-order valence-electron chi connectivity index (χ3n) is 0.973. The molecule has 6 heteroatoms. The Balaban J connectivity index is 3.44. The van der Waals surface area contributed by atoms with Crippen LogP contribution in [0.5, 0.6) is 0 Å². The zero-order valence-corrected chi connectivity index (χ0v) is 9.03. The highest BCUT2D eigenvalue weighted by Gasteiger charge is 2.26. The fourth-order valence-electron chi connectivity index (χ4n) is 0.403. The van der Waals surface area contributed by atoms with Gasteiger partial charge < -0.3 is 4.48 Å². The van der Waals surface area contributed by atoms with E-state index in [2.05, 4.69) is 3.07 Å². The summed E-state index contributed by atoms with van der Waals surface area (Å²) in [6.45, 7) is 0.495. The molecule has 0 saturated carbocycles. The van der Waals surface area contributed by atoms with Crippen molar-refractivity contribution < 1.29 is 38.0 Å². The van der Waals surface area contributed by atoms with Crippen LogP contribution in [0.15, 0.2) is 0 Å². The number of nitrogens with zero attached hydrogens (tertiary/aromatic N) is 1. The molecular formula is C5H13INO4+. The number of likely N-dealkylation sites (N-methyl/N-ethyl adjacent to an activating group) is 1. The summed E-state index contributed by atoms with van der Waals surface area (Å²) < 4.78 is 34.8. The first-order valence-electron chi connectivity index (χ1n) is 3.06. The molecular weight excluding hydrogens is 265 g/mol. The second-order valence-electron chi connectivity index (χ2n) is 3.21. The van der Waals surface area contributed by atoms with Crippen molar-refractivity contribution in [3.05, 3.63) is 0 Å². The minimum atomic E-state index is -5.39. The quantitative estimate of drug-likeness (QED) is 0.378. The van der Waals surface area contributed by atoms with E-state index in [4.69, 9.17) is 0 Å². The molecule has 11 heavy (non-hydrogen) atoms. The first-order chi connectivity index (χ1) is 4.71. The molecule has 68 valence electrons. The normalized spacial score (nSPS) is 13.6. The molecule has 0 rings (SSSR count). The van der Waals surface area contributed by atoms with Crippen LogP contribution in [0.4, 0.5) is 0 Å². The van der Waals surface area contributed by atoms with Crippen LogP contribution in [0, 0.1) is 0 Å². The molecule has 0 amide bonds. The molecule has 0 atom stereocenters. The fourth-order valence-corrected chi connectivity index (χ4v) is 1.14. The molecule has 0 N–H and O–H groups in total. The van der Waals surface area contributed by atoms with Gasteiger partial charge in [0.2, 0.25) is 6.61 Å². The average Bonchev–Trinajstić information content (AvgIpc) is 1.55. The molecule has 0 aromatic rings. The van der Waals surface area contributed by atoms with Crippen LogP contribution in [-0.2, 0) is 3.07 Å². The van der Waals surface area contributed by atoms with Gasteiger partial charge in [-0.3, -0.25) is 10.3 Å². The Morgan fingerprint density at radius 3 is 1.91 bits per heavy atom. The Bertz CT molecular complexity index is 103. The number of halogens is 1. The van der Waals surface area contributed by atoms with Crippen LogP contribution in [0.3, 0.4) is 0 Å². The lowest BCUT2D eigenvalue weighted by atomic mass is 10.5. The lowest BCUT2D eigenvalue weighted by molar-refractivity contribution is -1.92. The second kappa shape index (κ2) is 3.97. The van der Waals surface area contributed by atoms with Crippen molar-refractivity contribution in [2.75, 3.05) is 34.3 Å². The third-order valence-corrected chi connectivity index (χ3v) is 2.18. The number of hydrogen-bond acceptors (Lipinski definition) is 4. The van der Waals surface area contributed by atoms with Crippen LogP contribution in [0.2, 0.25) is 0 Å². The van der Waals surface area contributed by atoms with Gasteiger partial charge in [-0.15, -0.1) is 0 Å². The molecule has 0 spiro atoms. The monoisotopic (exact) mass is 278 g/mol. The Kier molecular flexibility index (Phi) is 4.16. The molecule has 0 aliphatic rings. The van der Waals surface area contributed by atoms with Crippen LogP contribution < -0.4 is 30.4 Å². The largest absolute Gasteiger partial charge is 0.372 e. The second-order valence-corrected chi connectivity index (χ2v) is 5.99. The van der Waals surface area contributed by atoms with E-state index in [1.54, 1.807) is 0 Å². The molecule has 0 aliphatic carbocycles. The van der Waals surface area contributed by atoms with Crippen molar-refractivity contribution in [3.8, 4) is 0 Å². The van der Waals surface area contributed by atoms with Gasteiger partial charge in [0.1, 0.15) is 6.54 Å². The average molecular weight is 278 g/mol. The first-order valence-corrected chi connectivity index (χ1v) is 6.59. The van der Waals surface area contributed by atoms with Crippen LogP contribution in [0.25, 0.3) is 0 Å². The van der Waals surface area contributed by atoms with E-state index >= 15 is 0 Å². The number of quaternary nitrogens is 1. The Hall–Kier alpha value is 0.530. The van der Waals surface area contributed by atoms with Crippen LogP contribution in [-0.4, -0.2) is 38.8 Å². The summed E-state index contributed by atoms with van der Waals surface area (Å²) >= 11 is -5.39. The highest BCUT2D eigenvalue weighted by Crippen LogP contribution is 1.86. The molecule has 0 unspecified atom stereocenters. The van der Waals surface area contributed by atoms with Crippen molar-refractivity contribution in [2.24, 2.45) is 0 Å². The van der Waals surface area contributed by atoms with Crippen molar-refractivity contribution in [3.63, 3.8) is 0 Å². The minimum Gasteiger partial charge on any atom is -0.329 e. The summed E-state index contributed by atoms with van der Waals surface area (Å²) in [5.41, 5.74) is 0. The lowest BCUT2D eigenvalue weighted by Gasteiger charge is -2.22. The fraction of sp³-hybridized carbons (Fsp3) is 1.00. The van der Waals surface area contributed by atoms with Gasteiger partial charge in [-0.2, -0.15) is 0 Å². The van der Waals surface area contributed by atoms with E-state index in [0.29, 0.717) is 11.0 Å². The number of hydrogen-bond donors (Lipinski definition) is 0. The zero-order valence-electron chi connectivity index (χ0n) is 6.87. The maximum Gasteiger partial charge on any atom is 0.372 e. The maximum absolute atomic E-state index is 10.0. The summed E-state index contributed by atoms with van der Waals surface area (Å²) in [5.74, 6) is 0. The highest BCUT2D eigenvalue weighted by molar-refractivity contribution is 4.20. The SMILES string of the molecule is C[N+](C)(C)CCO[I+3]([O-])([O-])[O-]. The van der Waals surface area contributed by atoms with E-state index in [-0.39, 0.29) is 6.61 Å². The third kappa shape index (κ3) is 10.5. The standard InChI is InChI=1S/C5H13INO4/c1-7(2,3)4-5-11-6(8,9)10/h4-5H2,1-3H3/q+1. The van der Waals surface area contributed by atoms with Gasteiger partial charge in [-0.05, 0) is 0 Å². The summed E-state index contributed by atoms with van der Waals surface area (Å²) in [4.78, 5) is 0. The van der Waals surface area contributed by atoms with Gasteiger partial charge in [-0.25, -0.2) is 0 Å². The molecule has 0 saturated heterocycles. The van der Waals surface area contributed by atoms with Crippen molar-refractivity contribution in [2.45, 2.75) is 0 Å². The van der Waals surface area contributed by atoms with Crippen molar-refractivity contribution in [1.82, 2.24) is 0 Å². The zero-order chi connectivity index (χ0) is 9.12. The molecule has 0 fully saturated rings. The van der Waals surface area contributed by atoms with Gasteiger partial charge >= 0.3 is 20.1 Å². The Morgan fingerprint density at radius 2 is 1.64 bits per heavy atom. The van der Waals surface area contributed by atoms with Gasteiger partial charge in [0, 0.05) is 3.07 Å². The van der Waals surface area contributed by atoms with Gasteiger partial charge in [0.15, 0.2) is 0 Å².